The van der Waals surface area contributed by atoms with E-state index in [2.05, 4.69) is 234 Å². The van der Waals surface area contributed by atoms with E-state index in [-0.39, 0.29) is 0 Å². The third-order valence-corrected chi connectivity index (χ3v) is 12.3. The molecule has 1 aliphatic carbocycles. The molecule has 3 heterocycles. The summed E-state index contributed by atoms with van der Waals surface area (Å²) in [5, 5.41) is 7.50. The Labute approximate surface area is 349 Å². The largest absolute Gasteiger partial charge is 0.313 e. The fraction of sp³-hybridized carbons (Fsp3) is 0.0526. The maximum atomic E-state index is 4.61. The van der Waals surface area contributed by atoms with Gasteiger partial charge in [-0.05, 0) is 103 Å². The van der Waals surface area contributed by atoms with Gasteiger partial charge in [0.2, 0.25) is 0 Å². The molecular weight excluding hydrogens is 727 g/mol. The van der Waals surface area contributed by atoms with Gasteiger partial charge < -0.3 is 13.7 Å². The van der Waals surface area contributed by atoms with Gasteiger partial charge in [-0.15, -0.1) is 0 Å². The summed E-state index contributed by atoms with van der Waals surface area (Å²) >= 11 is 0. The van der Waals surface area contributed by atoms with E-state index < -0.39 is 0 Å². The molecule has 0 aliphatic heterocycles. The molecule has 0 fully saturated rings. The second-order valence-corrected chi connectivity index (χ2v) is 15.9. The normalized spacial score (nSPS) is 12.5. The van der Waals surface area contributed by atoms with Crippen molar-refractivity contribution < 1.29 is 0 Å². The van der Waals surface area contributed by atoms with E-state index in [9.17, 15) is 0 Å². The topological polar surface area (TPSA) is 14.8 Å². The lowest BCUT2D eigenvalue weighted by Crippen LogP contribution is -1.95. The smallest absolute Gasteiger partial charge is 0.0641 e. The van der Waals surface area contributed by atoms with Crippen molar-refractivity contribution in [3.05, 3.63) is 223 Å². The zero-order valence-electron chi connectivity index (χ0n) is 33.8. The lowest BCUT2D eigenvalue weighted by molar-refractivity contribution is 1.18. The van der Waals surface area contributed by atoms with Gasteiger partial charge in [0, 0.05) is 49.4 Å². The quantitative estimate of drug-likeness (QED) is 0.155. The summed E-state index contributed by atoms with van der Waals surface area (Å²) in [5.41, 5.74) is 17.4. The molecule has 3 aromatic heterocycles. The number of para-hydroxylation sites is 4. The van der Waals surface area contributed by atoms with Crippen LogP contribution in [-0.2, 0) is 6.42 Å². The Kier molecular flexibility index (Phi) is 8.49. The average molecular weight is 770 g/mol. The molecule has 0 saturated heterocycles. The van der Waals surface area contributed by atoms with E-state index in [1.54, 1.807) is 0 Å². The van der Waals surface area contributed by atoms with E-state index in [1.165, 1.54) is 87.9 Å². The molecule has 0 bridgehead atoms. The molecule has 12 rings (SSSR count). The second-order valence-electron chi connectivity index (χ2n) is 15.9. The summed E-state index contributed by atoms with van der Waals surface area (Å²) < 4.78 is 7.09. The molecule has 1 aliphatic rings. The number of fused-ring (bicyclic) bond motifs is 13. The van der Waals surface area contributed by atoms with Gasteiger partial charge in [0.05, 0.1) is 33.1 Å². The number of hydrogen-bond acceptors (Lipinski definition) is 0. The molecule has 0 atom stereocenters. The monoisotopic (exact) mass is 769 g/mol. The summed E-state index contributed by atoms with van der Waals surface area (Å²) in [4.78, 5) is 0. The van der Waals surface area contributed by atoms with E-state index >= 15 is 0 Å². The molecule has 3 nitrogen and oxygen atoms in total. The highest BCUT2D eigenvalue weighted by Crippen LogP contribution is 2.42. The molecule has 3 heteroatoms. The Morgan fingerprint density at radius 1 is 0.500 bits per heavy atom. The highest BCUT2D eigenvalue weighted by molar-refractivity contribution is 6.26. The molecular formula is C57H43N3. The van der Waals surface area contributed by atoms with Gasteiger partial charge >= 0.3 is 0 Å². The lowest BCUT2D eigenvalue weighted by atomic mass is 10.1. The van der Waals surface area contributed by atoms with Gasteiger partial charge in [-0.25, -0.2) is 0 Å². The summed E-state index contributed by atoms with van der Waals surface area (Å²) in [5.74, 6) is 0. The first kappa shape index (κ1) is 35.5. The molecule has 0 unspecified atom stereocenters. The Hall–Kier alpha value is -7.62. The third-order valence-electron chi connectivity index (χ3n) is 12.3. The standard InChI is InChI=1S/C44H33N3.C13H10/c1-29-14-12-17-32(28-29)47-40-24-10-6-20-35(40)36-26-27-42-43(44(36)47)37-21-7-11-25-41(37)46(42)31(3)16-13-15-30(2)45-38-22-8-4-18-33(38)34-19-5-9-23-39(34)45;1-3-7-12-10(5-1)9-11-6-2-4-8-13(11)12/h4-28H,3H2,1-2H3;1-8H,9H2/b16-13-,30-15+;. The maximum Gasteiger partial charge on any atom is 0.0641 e. The minimum Gasteiger partial charge on any atom is -0.313 e. The van der Waals surface area contributed by atoms with Crippen molar-refractivity contribution in [2.24, 2.45) is 0 Å². The fourth-order valence-corrected chi connectivity index (χ4v) is 9.68. The maximum absolute atomic E-state index is 4.61. The molecule has 0 spiro atoms. The van der Waals surface area contributed by atoms with Crippen molar-refractivity contribution in [1.29, 1.82) is 0 Å². The molecule has 0 amide bonds. The average Bonchev–Trinajstić information content (AvgIpc) is 4.03. The van der Waals surface area contributed by atoms with Gasteiger partial charge in [-0.3, -0.25) is 0 Å². The Morgan fingerprint density at radius 2 is 1.03 bits per heavy atom. The predicted octanol–water partition coefficient (Wildman–Crippen LogP) is 15.2. The molecule has 8 aromatic carbocycles. The SMILES string of the molecule is C=C(/C=C\C=C(/C)n1c2ccccc2c2ccccc21)n1c2ccccc2c2c1ccc1c3ccccc3n(-c3cccc(C)c3)c12.c1ccc2c(c1)Cc1ccccc1-2. The van der Waals surface area contributed by atoms with Crippen molar-refractivity contribution >= 4 is 76.8 Å². The van der Waals surface area contributed by atoms with Crippen LogP contribution in [-0.4, -0.2) is 13.7 Å². The van der Waals surface area contributed by atoms with Crippen LogP contribution in [0.2, 0.25) is 0 Å². The highest BCUT2D eigenvalue weighted by atomic mass is 15.0. The summed E-state index contributed by atoms with van der Waals surface area (Å²) in [6, 6.07) is 65.4. The zero-order valence-corrected chi connectivity index (χ0v) is 33.8. The first-order valence-electron chi connectivity index (χ1n) is 20.8. The van der Waals surface area contributed by atoms with Crippen LogP contribution in [0.5, 0.6) is 0 Å². The second kappa shape index (κ2) is 14.3. The van der Waals surface area contributed by atoms with Crippen LogP contribution < -0.4 is 0 Å². The third kappa shape index (κ3) is 5.66. The zero-order chi connectivity index (χ0) is 40.3. The van der Waals surface area contributed by atoms with Crippen molar-refractivity contribution in [3.63, 3.8) is 0 Å². The number of aromatic nitrogens is 3. The number of aryl methyl sites for hydroxylation is 1. The number of allylic oxidation sites excluding steroid dienone is 5. The number of rotatable bonds is 5. The van der Waals surface area contributed by atoms with E-state index in [1.807, 2.05) is 0 Å². The minimum absolute atomic E-state index is 0.917. The van der Waals surface area contributed by atoms with Gasteiger partial charge in [0.1, 0.15) is 0 Å². The van der Waals surface area contributed by atoms with Crippen molar-refractivity contribution in [3.8, 4) is 16.8 Å². The summed E-state index contributed by atoms with van der Waals surface area (Å²) in [6.45, 7) is 8.94. The number of nitrogens with zero attached hydrogens (tertiary/aromatic N) is 3. The highest BCUT2D eigenvalue weighted by Gasteiger charge is 2.21. The van der Waals surface area contributed by atoms with Crippen LogP contribution in [0, 0.1) is 6.92 Å². The van der Waals surface area contributed by atoms with Crippen LogP contribution >= 0.6 is 0 Å². The number of benzene rings is 8. The Morgan fingerprint density at radius 3 is 1.67 bits per heavy atom. The lowest BCUT2D eigenvalue weighted by Gasteiger charge is -2.10. The van der Waals surface area contributed by atoms with Gasteiger partial charge in [-0.2, -0.15) is 0 Å². The summed E-state index contributed by atoms with van der Waals surface area (Å²) in [7, 11) is 0. The molecule has 0 N–H and O–H groups in total. The van der Waals surface area contributed by atoms with Crippen LogP contribution in [0.1, 0.15) is 23.6 Å². The van der Waals surface area contributed by atoms with Crippen LogP contribution in [0.25, 0.3) is 93.6 Å². The van der Waals surface area contributed by atoms with Crippen molar-refractivity contribution in [2.75, 3.05) is 0 Å². The molecule has 0 saturated carbocycles. The Bertz CT molecular complexity index is 3470. The molecule has 286 valence electrons. The first-order chi connectivity index (χ1) is 29.5. The first-order valence-corrected chi connectivity index (χ1v) is 20.8. The van der Waals surface area contributed by atoms with Gasteiger partial charge in [0.25, 0.3) is 0 Å². The molecule has 60 heavy (non-hydrogen) atoms. The molecule has 0 radical (unpaired) electrons. The molecule has 11 aromatic rings. The predicted molar refractivity (Wildman–Crippen MR) is 257 cm³/mol. The summed E-state index contributed by atoms with van der Waals surface area (Å²) in [6.07, 6.45) is 7.55. The van der Waals surface area contributed by atoms with Crippen LogP contribution in [0.15, 0.2) is 207 Å². The minimum atomic E-state index is 0.917. The van der Waals surface area contributed by atoms with Crippen molar-refractivity contribution in [2.45, 2.75) is 20.3 Å². The van der Waals surface area contributed by atoms with Gasteiger partial charge in [0.15, 0.2) is 0 Å². The van der Waals surface area contributed by atoms with E-state index in [0.717, 1.165) is 28.8 Å². The van der Waals surface area contributed by atoms with E-state index in [0.29, 0.717) is 0 Å². The number of hydrogen-bond donors (Lipinski definition) is 0. The Balaban J connectivity index is 0.000000265. The van der Waals surface area contributed by atoms with Crippen molar-refractivity contribution in [1.82, 2.24) is 13.7 Å². The fourth-order valence-electron chi connectivity index (χ4n) is 9.68. The van der Waals surface area contributed by atoms with Crippen LogP contribution in [0.3, 0.4) is 0 Å². The van der Waals surface area contributed by atoms with E-state index in [4.69, 9.17) is 0 Å². The van der Waals surface area contributed by atoms with Crippen LogP contribution in [0.4, 0.5) is 0 Å². The van der Waals surface area contributed by atoms with Gasteiger partial charge in [-0.1, -0.05) is 152 Å².